The molecule has 0 saturated carbocycles. The molecule has 1 unspecified atom stereocenters. The van der Waals surface area contributed by atoms with Crippen LogP contribution in [0.1, 0.15) is 22.1 Å². The topological polar surface area (TPSA) is 32.3 Å². The minimum absolute atomic E-state index is 0.154. The largest absolute Gasteiger partial charge is 0.361 e. The maximum Gasteiger partial charge on any atom is 0.258 e. The molecule has 1 atom stereocenters. The van der Waals surface area contributed by atoms with Gasteiger partial charge in [-0.1, -0.05) is 30.2 Å². The zero-order chi connectivity index (χ0) is 14.8. The van der Waals surface area contributed by atoms with Crippen LogP contribution >= 0.6 is 0 Å². The van der Waals surface area contributed by atoms with Crippen molar-refractivity contribution in [2.24, 2.45) is 0 Å². The lowest BCUT2D eigenvalue weighted by Gasteiger charge is -2.37. The molecule has 1 aliphatic heterocycles. The Balaban J connectivity index is 2.07. The van der Waals surface area contributed by atoms with Gasteiger partial charge >= 0.3 is 0 Å². The van der Waals surface area contributed by atoms with Gasteiger partial charge in [-0.05, 0) is 29.8 Å². The summed E-state index contributed by atoms with van der Waals surface area (Å²) in [7, 11) is 0. The van der Waals surface area contributed by atoms with Crippen molar-refractivity contribution in [3.8, 4) is 12.3 Å². The molecule has 0 aromatic heterocycles. The van der Waals surface area contributed by atoms with Crippen LogP contribution in [0.2, 0.25) is 0 Å². The number of nitrogens with one attached hydrogen (secondary N) is 1. The average molecular weight is 280 g/mol. The van der Waals surface area contributed by atoms with Gasteiger partial charge in [0.2, 0.25) is 0 Å². The first kappa shape index (κ1) is 13.2. The highest BCUT2D eigenvalue weighted by atomic mass is 19.1. The zero-order valence-corrected chi connectivity index (χ0v) is 11.2. The molecule has 2 aromatic carbocycles. The summed E-state index contributed by atoms with van der Waals surface area (Å²) in [6, 6.07) is 13.4. The highest BCUT2D eigenvalue weighted by Crippen LogP contribution is 2.32. The molecular formula is C17H13FN2O. The van der Waals surface area contributed by atoms with Gasteiger partial charge in [0.15, 0.2) is 0 Å². The van der Waals surface area contributed by atoms with Gasteiger partial charge in [-0.2, -0.15) is 0 Å². The fraction of sp³-hybridized carbons (Fsp3) is 0.118. The maximum absolute atomic E-state index is 13.5. The number of para-hydroxylation sites is 1. The van der Waals surface area contributed by atoms with Gasteiger partial charge in [-0.3, -0.25) is 4.79 Å². The van der Waals surface area contributed by atoms with Crippen LogP contribution < -0.4 is 5.32 Å². The normalized spacial score (nSPS) is 16.9. The van der Waals surface area contributed by atoms with Crippen LogP contribution in [0.15, 0.2) is 48.5 Å². The smallest absolute Gasteiger partial charge is 0.258 e. The number of fused-ring (bicyclic) bond motifs is 1. The molecule has 0 fully saturated rings. The number of terminal acetylenes is 1. The van der Waals surface area contributed by atoms with Crippen molar-refractivity contribution in [3.63, 3.8) is 0 Å². The lowest BCUT2D eigenvalue weighted by atomic mass is 10.0. The number of anilines is 1. The van der Waals surface area contributed by atoms with Crippen molar-refractivity contribution in [1.29, 1.82) is 0 Å². The van der Waals surface area contributed by atoms with Crippen LogP contribution in [0.5, 0.6) is 0 Å². The molecule has 0 bridgehead atoms. The van der Waals surface area contributed by atoms with Crippen molar-refractivity contribution in [3.05, 3.63) is 65.5 Å². The molecule has 1 aliphatic rings. The van der Waals surface area contributed by atoms with E-state index in [0.717, 1.165) is 5.69 Å². The predicted octanol–water partition coefficient (Wildman–Crippen LogP) is 3.03. The van der Waals surface area contributed by atoms with E-state index >= 15 is 0 Å². The Hall–Kier alpha value is -2.80. The third-order valence-corrected chi connectivity index (χ3v) is 3.45. The van der Waals surface area contributed by atoms with E-state index in [4.69, 9.17) is 6.42 Å². The molecule has 0 radical (unpaired) electrons. The summed E-state index contributed by atoms with van der Waals surface area (Å²) in [5.74, 6) is 1.98. The maximum atomic E-state index is 13.5. The van der Waals surface area contributed by atoms with Gasteiger partial charge < -0.3 is 10.2 Å². The van der Waals surface area contributed by atoms with Crippen molar-refractivity contribution >= 4 is 11.6 Å². The van der Waals surface area contributed by atoms with E-state index in [1.807, 2.05) is 12.1 Å². The molecule has 21 heavy (non-hydrogen) atoms. The van der Waals surface area contributed by atoms with Crippen molar-refractivity contribution in [1.82, 2.24) is 4.90 Å². The third-order valence-electron chi connectivity index (χ3n) is 3.45. The second-order valence-corrected chi connectivity index (χ2v) is 4.78. The highest BCUT2D eigenvalue weighted by molar-refractivity contribution is 6.01. The van der Waals surface area contributed by atoms with Gasteiger partial charge in [-0.15, -0.1) is 6.42 Å². The van der Waals surface area contributed by atoms with Gasteiger partial charge in [0.25, 0.3) is 5.91 Å². The van der Waals surface area contributed by atoms with Crippen LogP contribution in [0, 0.1) is 18.2 Å². The van der Waals surface area contributed by atoms with Crippen LogP contribution in [0.25, 0.3) is 0 Å². The zero-order valence-electron chi connectivity index (χ0n) is 11.2. The quantitative estimate of drug-likeness (QED) is 0.858. The van der Waals surface area contributed by atoms with Crippen molar-refractivity contribution in [2.45, 2.75) is 6.17 Å². The molecule has 3 rings (SSSR count). The summed E-state index contributed by atoms with van der Waals surface area (Å²) < 4.78 is 13.5. The number of benzene rings is 2. The van der Waals surface area contributed by atoms with Crippen LogP contribution in [0.4, 0.5) is 10.1 Å². The minimum Gasteiger partial charge on any atom is -0.361 e. The summed E-state index contributed by atoms with van der Waals surface area (Å²) in [4.78, 5) is 14.1. The Kier molecular flexibility index (Phi) is 3.33. The molecule has 1 heterocycles. The Morgan fingerprint density at radius 1 is 1.24 bits per heavy atom. The SMILES string of the molecule is C#CCN1C(=O)c2ccccc2NC1c1cccc(F)c1. The summed E-state index contributed by atoms with van der Waals surface area (Å²) in [5.41, 5.74) is 1.96. The lowest BCUT2D eigenvalue weighted by Crippen LogP contribution is -2.43. The molecular weight excluding hydrogens is 267 g/mol. The molecule has 3 nitrogen and oxygen atoms in total. The van der Waals surface area contributed by atoms with Crippen molar-refractivity contribution in [2.75, 3.05) is 11.9 Å². The fourth-order valence-electron chi connectivity index (χ4n) is 2.49. The molecule has 2 aromatic rings. The summed E-state index contributed by atoms with van der Waals surface area (Å²) in [5, 5.41) is 3.25. The summed E-state index contributed by atoms with van der Waals surface area (Å²) in [6.45, 7) is 0.154. The number of amides is 1. The third kappa shape index (κ3) is 2.34. The number of hydrogen-bond acceptors (Lipinski definition) is 2. The summed E-state index contributed by atoms with van der Waals surface area (Å²) in [6.07, 6.45) is 4.89. The van der Waals surface area contributed by atoms with E-state index in [-0.39, 0.29) is 18.3 Å². The molecule has 0 saturated heterocycles. The Labute approximate surface area is 122 Å². The second-order valence-electron chi connectivity index (χ2n) is 4.78. The minimum atomic E-state index is -0.473. The predicted molar refractivity (Wildman–Crippen MR) is 79.1 cm³/mol. The van der Waals surface area contributed by atoms with E-state index in [9.17, 15) is 9.18 Å². The van der Waals surface area contributed by atoms with Crippen LogP contribution in [-0.4, -0.2) is 17.4 Å². The average Bonchev–Trinajstić information content (AvgIpc) is 2.50. The first-order chi connectivity index (χ1) is 10.2. The number of carbonyl (C=O) groups is 1. The molecule has 104 valence electrons. The standard InChI is InChI=1S/C17H13FN2O/c1-2-10-20-16(12-6-5-7-13(18)11-12)19-15-9-4-3-8-14(15)17(20)21/h1,3-9,11,16,19H,10H2. The van der Waals surface area contributed by atoms with Gasteiger partial charge in [0.1, 0.15) is 12.0 Å². The van der Waals surface area contributed by atoms with Crippen LogP contribution in [-0.2, 0) is 0 Å². The molecule has 0 aliphatic carbocycles. The van der Waals surface area contributed by atoms with E-state index < -0.39 is 6.17 Å². The molecule has 1 N–H and O–H groups in total. The first-order valence-electron chi connectivity index (χ1n) is 6.56. The summed E-state index contributed by atoms with van der Waals surface area (Å²) >= 11 is 0. The number of rotatable bonds is 2. The van der Waals surface area contributed by atoms with E-state index in [1.54, 1.807) is 24.3 Å². The van der Waals surface area contributed by atoms with E-state index in [2.05, 4.69) is 11.2 Å². The molecule has 4 heteroatoms. The first-order valence-corrected chi connectivity index (χ1v) is 6.56. The number of nitrogens with zero attached hydrogens (tertiary/aromatic N) is 1. The fourth-order valence-corrected chi connectivity index (χ4v) is 2.49. The Morgan fingerprint density at radius 3 is 2.81 bits per heavy atom. The van der Waals surface area contributed by atoms with Crippen LogP contribution in [0.3, 0.4) is 0 Å². The lowest BCUT2D eigenvalue weighted by molar-refractivity contribution is 0.0711. The monoisotopic (exact) mass is 280 g/mol. The van der Waals surface area contributed by atoms with Gasteiger partial charge in [0.05, 0.1) is 12.1 Å². The Morgan fingerprint density at radius 2 is 2.05 bits per heavy atom. The number of halogens is 1. The number of carbonyl (C=O) groups excluding carboxylic acids is 1. The highest BCUT2D eigenvalue weighted by Gasteiger charge is 2.32. The molecule has 1 amide bonds. The Bertz CT molecular complexity index is 736. The van der Waals surface area contributed by atoms with Crippen molar-refractivity contribution < 1.29 is 9.18 Å². The molecule has 0 spiro atoms. The number of hydrogen-bond donors (Lipinski definition) is 1. The van der Waals surface area contributed by atoms with Gasteiger partial charge in [-0.25, -0.2) is 4.39 Å². The second kappa shape index (κ2) is 5.29. The van der Waals surface area contributed by atoms with Gasteiger partial charge in [0, 0.05) is 5.69 Å². The van der Waals surface area contributed by atoms with E-state index in [1.165, 1.54) is 17.0 Å². The van der Waals surface area contributed by atoms with E-state index in [0.29, 0.717) is 11.1 Å².